The number of carbonyl (C=O) groups is 1. The van der Waals surface area contributed by atoms with Gasteiger partial charge in [0.25, 0.3) is 5.91 Å². The number of carbonyl (C=O) groups excluding carboxylic acids is 1. The summed E-state index contributed by atoms with van der Waals surface area (Å²) >= 11 is 1.70. The van der Waals surface area contributed by atoms with Crippen molar-refractivity contribution in [2.75, 3.05) is 13.7 Å². The molecule has 0 saturated carbocycles. The zero-order valence-electron chi connectivity index (χ0n) is 14.4. The Morgan fingerprint density at radius 1 is 1.36 bits per heavy atom. The fraction of sp³-hybridized carbons (Fsp3) is 0.353. The van der Waals surface area contributed by atoms with Gasteiger partial charge in [0.15, 0.2) is 12.6 Å². The van der Waals surface area contributed by atoms with E-state index >= 15 is 0 Å². The quantitative estimate of drug-likeness (QED) is 0.488. The van der Waals surface area contributed by atoms with Gasteiger partial charge in [-0.25, -0.2) is 4.98 Å². The molecule has 0 aliphatic rings. The average molecular weight is 361 g/mol. The number of nitrogens with two attached hydrogens (primary N) is 1. The summed E-state index contributed by atoms with van der Waals surface area (Å²) in [5, 5.41) is 7.51. The van der Waals surface area contributed by atoms with E-state index in [9.17, 15) is 4.79 Å². The van der Waals surface area contributed by atoms with Gasteiger partial charge in [-0.2, -0.15) is 0 Å². The Morgan fingerprint density at radius 2 is 2.16 bits per heavy atom. The molecule has 0 radical (unpaired) electrons. The molecule has 8 heteroatoms. The molecule has 1 aromatic carbocycles. The van der Waals surface area contributed by atoms with Gasteiger partial charge in [-0.1, -0.05) is 19.1 Å². The van der Waals surface area contributed by atoms with Crippen molar-refractivity contribution in [3.63, 3.8) is 0 Å². The number of rotatable bonds is 8. The number of hydrogen-bond acceptors (Lipinski definition) is 5. The standard InChI is InChI=1S/C17H23N5O2S/c1-3-14-9-20-16(25-14)10-22-17(19-2)21-8-12-5-4-6-13(7-12)24-11-15(18)23/h4-7,9H,3,8,10-11H2,1-2H3,(H2,18,23)(H2,19,21,22). The highest BCUT2D eigenvalue weighted by Crippen LogP contribution is 2.14. The van der Waals surface area contributed by atoms with Gasteiger partial charge in [-0.05, 0) is 24.1 Å². The fourth-order valence-electron chi connectivity index (χ4n) is 2.06. The average Bonchev–Trinajstić information content (AvgIpc) is 3.08. The molecule has 0 fully saturated rings. The molecule has 2 rings (SSSR count). The molecule has 7 nitrogen and oxygen atoms in total. The normalized spacial score (nSPS) is 11.2. The first kappa shape index (κ1) is 18.7. The first-order valence-electron chi connectivity index (χ1n) is 7.98. The third-order valence-corrected chi connectivity index (χ3v) is 4.46. The fourth-order valence-corrected chi connectivity index (χ4v) is 2.86. The van der Waals surface area contributed by atoms with Gasteiger partial charge in [0.2, 0.25) is 0 Å². The lowest BCUT2D eigenvalue weighted by molar-refractivity contribution is -0.119. The van der Waals surface area contributed by atoms with Crippen LogP contribution < -0.4 is 21.1 Å². The zero-order chi connectivity index (χ0) is 18.1. The summed E-state index contributed by atoms with van der Waals surface area (Å²) in [4.78, 5) is 20.6. The lowest BCUT2D eigenvalue weighted by Crippen LogP contribution is -2.36. The predicted molar refractivity (Wildman–Crippen MR) is 99.7 cm³/mol. The molecule has 0 saturated heterocycles. The van der Waals surface area contributed by atoms with E-state index in [0.717, 1.165) is 17.0 Å². The van der Waals surface area contributed by atoms with E-state index in [2.05, 4.69) is 27.5 Å². The zero-order valence-corrected chi connectivity index (χ0v) is 15.2. The van der Waals surface area contributed by atoms with Gasteiger partial charge in [-0.15, -0.1) is 11.3 Å². The number of aryl methyl sites for hydroxylation is 1. The van der Waals surface area contributed by atoms with Gasteiger partial charge < -0.3 is 21.1 Å². The summed E-state index contributed by atoms with van der Waals surface area (Å²) in [6.45, 7) is 3.19. The molecular weight excluding hydrogens is 338 g/mol. The third kappa shape index (κ3) is 6.42. The molecule has 2 aromatic rings. The summed E-state index contributed by atoms with van der Waals surface area (Å²) in [6.07, 6.45) is 2.91. The molecule has 0 aliphatic heterocycles. The number of guanidine groups is 1. The maximum Gasteiger partial charge on any atom is 0.255 e. The topological polar surface area (TPSA) is 102 Å². The molecule has 25 heavy (non-hydrogen) atoms. The third-order valence-electron chi connectivity index (χ3n) is 3.32. The molecule has 0 atom stereocenters. The molecule has 1 aromatic heterocycles. The molecule has 4 N–H and O–H groups in total. The highest BCUT2D eigenvalue weighted by Gasteiger charge is 2.04. The van der Waals surface area contributed by atoms with Crippen molar-refractivity contribution in [1.82, 2.24) is 15.6 Å². The Morgan fingerprint density at radius 3 is 2.84 bits per heavy atom. The summed E-state index contributed by atoms with van der Waals surface area (Å²) in [6, 6.07) is 7.47. The smallest absolute Gasteiger partial charge is 0.255 e. The van der Waals surface area contributed by atoms with Crippen molar-refractivity contribution in [2.45, 2.75) is 26.4 Å². The number of thiazole rings is 1. The van der Waals surface area contributed by atoms with E-state index in [1.807, 2.05) is 24.4 Å². The minimum absolute atomic E-state index is 0.131. The van der Waals surface area contributed by atoms with E-state index in [4.69, 9.17) is 10.5 Å². The molecule has 0 unspecified atom stereocenters. The van der Waals surface area contributed by atoms with Crippen molar-refractivity contribution >= 4 is 23.2 Å². The van der Waals surface area contributed by atoms with E-state index in [1.54, 1.807) is 24.5 Å². The minimum Gasteiger partial charge on any atom is -0.484 e. The maximum atomic E-state index is 10.8. The summed E-state index contributed by atoms with van der Waals surface area (Å²) in [7, 11) is 1.72. The van der Waals surface area contributed by atoms with Crippen LogP contribution in [0.25, 0.3) is 0 Å². The van der Waals surface area contributed by atoms with Crippen LogP contribution in [0.1, 0.15) is 22.4 Å². The lowest BCUT2D eigenvalue weighted by atomic mass is 10.2. The number of benzene rings is 1. The number of amides is 1. The van der Waals surface area contributed by atoms with Crippen LogP contribution in [0.5, 0.6) is 5.75 Å². The van der Waals surface area contributed by atoms with Gasteiger partial charge in [0.05, 0.1) is 6.54 Å². The lowest BCUT2D eigenvalue weighted by Gasteiger charge is -2.12. The van der Waals surface area contributed by atoms with Gasteiger partial charge in [0, 0.05) is 24.7 Å². The van der Waals surface area contributed by atoms with Crippen LogP contribution in [0.15, 0.2) is 35.5 Å². The first-order valence-corrected chi connectivity index (χ1v) is 8.80. The number of primary amides is 1. The monoisotopic (exact) mass is 361 g/mol. The number of aliphatic imine (C=N–C) groups is 1. The molecule has 134 valence electrons. The molecular formula is C17H23N5O2S. The van der Waals surface area contributed by atoms with Crippen molar-refractivity contribution in [3.05, 3.63) is 45.9 Å². The largest absolute Gasteiger partial charge is 0.484 e. The first-order chi connectivity index (χ1) is 12.1. The van der Waals surface area contributed by atoms with Crippen LogP contribution in [-0.4, -0.2) is 30.5 Å². The second kappa shape index (κ2) is 9.63. The van der Waals surface area contributed by atoms with Gasteiger partial charge in [0.1, 0.15) is 10.8 Å². The number of aromatic nitrogens is 1. The van der Waals surface area contributed by atoms with Crippen LogP contribution in [0, 0.1) is 0 Å². The molecule has 0 spiro atoms. The highest BCUT2D eigenvalue weighted by molar-refractivity contribution is 7.11. The Labute approximate surface area is 151 Å². The van der Waals surface area contributed by atoms with Crippen LogP contribution in [0.4, 0.5) is 0 Å². The molecule has 0 bridgehead atoms. The highest BCUT2D eigenvalue weighted by atomic mass is 32.1. The van der Waals surface area contributed by atoms with Crippen molar-refractivity contribution in [1.29, 1.82) is 0 Å². The van der Waals surface area contributed by atoms with Crippen LogP contribution >= 0.6 is 11.3 Å². The summed E-state index contributed by atoms with van der Waals surface area (Å²) in [5.41, 5.74) is 6.09. The van der Waals surface area contributed by atoms with Crippen LogP contribution in [0.3, 0.4) is 0 Å². The second-order valence-electron chi connectivity index (χ2n) is 5.26. The van der Waals surface area contributed by atoms with Gasteiger partial charge in [-0.3, -0.25) is 9.79 Å². The Balaban J connectivity index is 1.83. The number of nitrogens with one attached hydrogen (secondary N) is 2. The van der Waals surface area contributed by atoms with Gasteiger partial charge >= 0.3 is 0 Å². The number of nitrogens with zero attached hydrogens (tertiary/aromatic N) is 2. The minimum atomic E-state index is -0.499. The van der Waals surface area contributed by atoms with E-state index in [0.29, 0.717) is 24.8 Å². The molecule has 1 heterocycles. The SMILES string of the molecule is CCc1cnc(CNC(=NC)NCc2cccc(OCC(N)=O)c2)s1. The van der Waals surface area contributed by atoms with E-state index in [-0.39, 0.29) is 6.61 Å². The summed E-state index contributed by atoms with van der Waals surface area (Å²) in [5.74, 6) is 0.800. The van der Waals surface area contributed by atoms with E-state index < -0.39 is 5.91 Å². The summed E-state index contributed by atoms with van der Waals surface area (Å²) < 4.78 is 5.30. The van der Waals surface area contributed by atoms with Crippen molar-refractivity contribution in [3.8, 4) is 5.75 Å². The number of ether oxygens (including phenoxy) is 1. The molecule has 1 amide bonds. The number of hydrogen-bond donors (Lipinski definition) is 3. The maximum absolute atomic E-state index is 10.8. The van der Waals surface area contributed by atoms with E-state index in [1.165, 1.54) is 4.88 Å². The Bertz CT molecular complexity index is 729. The van der Waals surface area contributed by atoms with Crippen molar-refractivity contribution in [2.24, 2.45) is 10.7 Å². The molecule has 0 aliphatic carbocycles. The second-order valence-corrected chi connectivity index (χ2v) is 6.46. The van der Waals surface area contributed by atoms with Crippen LogP contribution in [-0.2, 0) is 24.3 Å². The Kier molecular flexibility index (Phi) is 7.21. The van der Waals surface area contributed by atoms with Crippen molar-refractivity contribution < 1.29 is 9.53 Å². The Hall–Kier alpha value is -2.61. The van der Waals surface area contributed by atoms with Crippen LogP contribution in [0.2, 0.25) is 0 Å². The predicted octanol–water partition coefficient (Wildman–Crippen LogP) is 1.43.